The number of nitrogens with zero attached hydrogens (tertiary/aromatic N) is 3. The van der Waals surface area contributed by atoms with Crippen LogP contribution in [0.2, 0.25) is 5.02 Å². The van der Waals surface area contributed by atoms with Crippen molar-refractivity contribution in [1.29, 1.82) is 0 Å². The van der Waals surface area contributed by atoms with Crippen molar-refractivity contribution in [3.05, 3.63) is 53.3 Å². The van der Waals surface area contributed by atoms with E-state index in [1.165, 1.54) is 0 Å². The van der Waals surface area contributed by atoms with Gasteiger partial charge in [0, 0.05) is 37.2 Å². The fraction of sp³-hybridized carbons (Fsp3) is 0.350. The minimum absolute atomic E-state index is 0.121. The van der Waals surface area contributed by atoms with Crippen LogP contribution in [-0.4, -0.2) is 54.1 Å². The van der Waals surface area contributed by atoms with E-state index in [1.807, 2.05) is 18.2 Å². The highest BCUT2D eigenvalue weighted by Crippen LogP contribution is 2.31. The van der Waals surface area contributed by atoms with Gasteiger partial charge in [-0.2, -0.15) is 0 Å². The molecule has 3 heterocycles. The number of nitrogens with one attached hydrogen (secondary N) is 2. The molecular formula is C20H22ClN5O3. The van der Waals surface area contributed by atoms with Crippen LogP contribution in [0.15, 0.2) is 47.6 Å². The molecule has 0 aliphatic carbocycles. The molecule has 29 heavy (non-hydrogen) atoms. The molecule has 4 rings (SSSR count). The molecular weight excluding hydrogens is 394 g/mol. The fourth-order valence-electron chi connectivity index (χ4n) is 3.45. The first-order valence-electron chi connectivity index (χ1n) is 9.38. The number of benzene rings is 1. The molecule has 0 radical (unpaired) electrons. The average Bonchev–Trinajstić information content (AvgIpc) is 3.14. The number of hydrogen-bond donors (Lipinski definition) is 2. The van der Waals surface area contributed by atoms with Crippen LogP contribution in [0.25, 0.3) is 0 Å². The number of amides is 1. The molecule has 9 heteroatoms. The molecule has 1 aromatic carbocycles. The highest BCUT2D eigenvalue weighted by Gasteiger charge is 2.40. The first kappa shape index (κ1) is 19.6. The number of piperidine rings is 1. The normalized spacial score (nSPS) is 18.2. The number of hydrogen-bond acceptors (Lipinski definition) is 7. The van der Waals surface area contributed by atoms with E-state index in [9.17, 15) is 4.79 Å². The van der Waals surface area contributed by atoms with E-state index in [1.54, 1.807) is 31.5 Å². The van der Waals surface area contributed by atoms with Crippen molar-refractivity contribution in [1.82, 2.24) is 15.4 Å². The summed E-state index contributed by atoms with van der Waals surface area (Å²) in [4.78, 5) is 29.4. The van der Waals surface area contributed by atoms with Gasteiger partial charge in [0.25, 0.3) is 0 Å². The van der Waals surface area contributed by atoms with Gasteiger partial charge in [0.2, 0.25) is 5.91 Å². The van der Waals surface area contributed by atoms with Crippen LogP contribution >= 0.6 is 11.6 Å². The third-order valence-corrected chi connectivity index (χ3v) is 5.24. The lowest BCUT2D eigenvalue weighted by atomic mass is 10.0. The lowest BCUT2D eigenvalue weighted by molar-refractivity contribution is -0.120. The summed E-state index contributed by atoms with van der Waals surface area (Å²) in [6.07, 6.45) is 3.09. The minimum atomic E-state index is -0.601. The topological polar surface area (TPSA) is 88.1 Å². The zero-order chi connectivity index (χ0) is 20.3. The third kappa shape index (κ3) is 4.50. The quantitative estimate of drug-likeness (QED) is 0.779. The van der Waals surface area contributed by atoms with Crippen molar-refractivity contribution in [2.24, 2.45) is 4.99 Å². The maximum atomic E-state index is 12.5. The Kier molecular flexibility index (Phi) is 5.66. The highest BCUT2D eigenvalue weighted by molar-refractivity contribution is 6.31. The lowest BCUT2D eigenvalue weighted by Gasteiger charge is -2.35. The van der Waals surface area contributed by atoms with Crippen LogP contribution in [0.4, 0.5) is 5.69 Å². The third-order valence-electron chi connectivity index (χ3n) is 5.00. The predicted octanol–water partition coefficient (Wildman–Crippen LogP) is 2.46. The van der Waals surface area contributed by atoms with Gasteiger partial charge in [-0.1, -0.05) is 17.7 Å². The highest BCUT2D eigenvalue weighted by atomic mass is 35.5. The number of methoxy groups -OCH3 is 1. The van der Waals surface area contributed by atoms with E-state index in [0.717, 1.165) is 5.69 Å². The Morgan fingerprint density at radius 1 is 1.34 bits per heavy atom. The van der Waals surface area contributed by atoms with E-state index >= 15 is 0 Å². The Bertz CT molecular complexity index is 914. The van der Waals surface area contributed by atoms with Crippen LogP contribution in [0.5, 0.6) is 5.75 Å². The molecule has 2 aromatic rings. The lowest BCUT2D eigenvalue weighted by Crippen LogP contribution is -2.46. The SMILES string of the molecule is COc1ccc(Cl)cc1NC(=O)CN1CCC2(CC1)N=C(c1ccccn1)NO2. The Balaban J connectivity index is 1.33. The zero-order valence-electron chi connectivity index (χ0n) is 16.0. The maximum Gasteiger partial charge on any atom is 0.238 e. The first-order valence-corrected chi connectivity index (χ1v) is 9.76. The number of ether oxygens (including phenoxy) is 1. The summed E-state index contributed by atoms with van der Waals surface area (Å²) >= 11 is 6.02. The summed E-state index contributed by atoms with van der Waals surface area (Å²) in [5.74, 6) is 1.09. The number of aromatic nitrogens is 1. The molecule has 2 aliphatic heterocycles. The zero-order valence-corrected chi connectivity index (χ0v) is 16.8. The summed E-state index contributed by atoms with van der Waals surface area (Å²) in [5, 5.41) is 3.41. The molecule has 1 spiro atoms. The molecule has 1 amide bonds. The monoisotopic (exact) mass is 415 g/mol. The van der Waals surface area contributed by atoms with E-state index in [0.29, 0.717) is 48.2 Å². The fourth-order valence-corrected chi connectivity index (χ4v) is 3.62. The summed E-state index contributed by atoms with van der Waals surface area (Å²) in [6, 6.07) is 10.8. The number of carbonyl (C=O) groups is 1. The number of anilines is 1. The molecule has 2 N–H and O–H groups in total. The molecule has 0 unspecified atom stereocenters. The number of carbonyl (C=O) groups excluding carboxylic acids is 1. The molecule has 152 valence electrons. The van der Waals surface area contributed by atoms with Crippen LogP contribution in [0.1, 0.15) is 18.5 Å². The van der Waals surface area contributed by atoms with Crippen molar-refractivity contribution in [3.8, 4) is 5.75 Å². The van der Waals surface area contributed by atoms with Gasteiger partial charge in [-0.05, 0) is 30.3 Å². The molecule has 1 aromatic heterocycles. The molecule has 0 saturated carbocycles. The van der Waals surface area contributed by atoms with Crippen LogP contribution in [-0.2, 0) is 9.63 Å². The smallest absolute Gasteiger partial charge is 0.238 e. The summed E-state index contributed by atoms with van der Waals surface area (Å²) in [5.41, 5.74) is 3.61. The Labute approximate surface area is 173 Å². The van der Waals surface area contributed by atoms with Crippen molar-refractivity contribution < 1.29 is 14.4 Å². The molecule has 1 saturated heterocycles. The van der Waals surface area contributed by atoms with Crippen molar-refractivity contribution >= 4 is 29.0 Å². The Hall–Kier alpha value is -2.68. The summed E-state index contributed by atoms with van der Waals surface area (Å²) in [6.45, 7) is 1.66. The van der Waals surface area contributed by atoms with E-state index < -0.39 is 5.72 Å². The minimum Gasteiger partial charge on any atom is -0.495 e. The van der Waals surface area contributed by atoms with Crippen molar-refractivity contribution in [2.45, 2.75) is 18.6 Å². The number of halogens is 1. The van der Waals surface area contributed by atoms with Gasteiger partial charge in [0.05, 0.1) is 19.3 Å². The van der Waals surface area contributed by atoms with Gasteiger partial charge in [-0.25, -0.2) is 15.3 Å². The number of likely N-dealkylation sites (tertiary alicyclic amines) is 1. The number of hydroxylamine groups is 1. The van der Waals surface area contributed by atoms with Gasteiger partial charge in [-0.15, -0.1) is 0 Å². The Morgan fingerprint density at radius 3 is 2.90 bits per heavy atom. The number of aliphatic imine (C=N–C) groups is 1. The van der Waals surface area contributed by atoms with Gasteiger partial charge in [-0.3, -0.25) is 14.7 Å². The number of amidine groups is 1. The largest absolute Gasteiger partial charge is 0.495 e. The second-order valence-electron chi connectivity index (χ2n) is 6.99. The predicted molar refractivity (Wildman–Crippen MR) is 110 cm³/mol. The van der Waals surface area contributed by atoms with E-state index in [2.05, 4.69) is 20.7 Å². The van der Waals surface area contributed by atoms with E-state index in [-0.39, 0.29) is 12.5 Å². The summed E-state index contributed by atoms with van der Waals surface area (Å²) in [7, 11) is 1.55. The van der Waals surface area contributed by atoms with E-state index in [4.69, 9.17) is 26.2 Å². The second-order valence-corrected chi connectivity index (χ2v) is 7.43. The van der Waals surface area contributed by atoms with Crippen LogP contribution in [0.3, 0.4) is 0 Å². The number of pyridine rings is 1. The maximum absolute atomic E-state index is 12.5. The van der Waals surface area contributed by atoms with Crippen molar-refractivity contribution in [3.63, 3.8) is 0 Å². The standard InChI is InChI=1S/C20H22ClN5O3/c1-28-17-6-5-14(21)12-16(17)23-18(27)13-26-10-7-20(8-11-26)24-19(25-29-20)15-4-2-3-9-22-15/h2-6,9,12H,7-8,10-11,13H2,1H3,(H,23,27)(H,24,25). The average molecular weight is 416 g/mol. The van der Waals surface area contributed by atoms with Crippen LogP contribution in [0, 0.1) is 0 Å². The molecule has 1 fully saturated rings. The van der Waals surface area contributed by atoms with Gasteiger partial charge < -0.3 is 10.1 Å². The second kappa shape index (κ2) is 8.36. The Morgan fingerprint density at radius 2 is 2.17 bits per heavy atom. The molecule has 0 atom stereocenters. The van der Waals surface area contributed by atoms with Gasteiger partial charge in [0.15, 0.2) is 11.6 Å². The number of rotatable bonds is 5. The van der Waals surface area contributed by atoms with Crippen molar-refractivity contribution in [2.75, 3.05) is 32.1 Å². The van der Waals surface area contributed by atoms with Gasteiger partial charge in [0.1, 0.15) is 11.4 Å². The molecule has 2 aliphatic rings. The first-order chi connectivity index (χ1) is 14.1. The van der Waals surface area contributed by atoms with Crippen LogP contribution < -0.4 is 15.5 Å². The summed E-state index contributed by atoms with van der Waals surface area (Å²) < 4.78 is 5.27. The molecule has 0 bridgehead atoms. The van der Waals surface area contributed by atoms with Gasteiger partial charge >= 0.3 is 0 Å². The molecule has 8 nitrogen and oxygen atoms in total.